The molecule has 1 heterocycles. The van der Waals surface area contributed by atoms with Crippen LogP contribution in [0.4, 0.5) is 0 Å². The molecular weight excluding hydrogens is 216 g/mol. The average Bonchev–Trinajstić information content (AvgIpc) is 2.67. The van der Waals surface area contributed by atoms with Crippen LogP contribution in [0.5, 0.6) is 0 Å². The molecule has 1 aromatic heterocycles. The van der Waals surface area contributed by atoms with E-state index in [0.717, 1.165) is 49.4 Å². The molecule has 0 atom stereocenters. The quantitative estimate of drug-likeness (QED) is 0.540. The van der Waals surface area contributed by atoms with Crippen LogP contribution in [0.15, 0.2) is 0 Å². The van der Waals surface area contributed by atoms with Crippen LogP contribution < -0.4 is 0 Å². The van der Waals surface area contributed by atoms with Crippen LogP contribution in [0.25, 0.3) is 0 Å². The summed E-state index contributed by atoms with van der Waals surface area (Å²) in [5, 5.41) is 4.53. The average molecular weight is 238 g/mol. The Balaban J connectivity index is 3.00. The normalized spacial score (nSPS) is 10.8. The molecule has 0 amide bonds. The molecule has 96 valence electrons. The van der Waals surface area contributed by atoms with E-state index in [9.17, 15) is 4.79 Å². The van der Waals surface area contributed by atoms with Gasteiger partial charge in [-0.2, -0.15) is 5.10 Å². The van der Waals surface area contributed by atoms with Gasteiger partial charge in [0.1, 0.15) is 0 Å². The largest absolute Gasteiger partial charge is 0.385 e. The number of aromatic nitrogens is 2. The van der Waals surface area contributed by atoms with E-state index in [4.69, 9.17) is 4.74 Å². The monoisotopic (exact) mass is 238 g/mol. The Hall–Kier alpha value is -1.16. The van der Waals surface area contributed by atoms with Crippen molar-refractivity contribution in [2.24, 2.45) is 0 Å². The fourth-order valence-corrected chi connectivity index (χ4v) is 2.11. The molecule has 4 nitrogen and oxygen atoms in total. The second kappa shape index (κ2) is 6.55. The van der Waals surface area contributed by atoms with Gasteiger partial charge in [0, 0.05) is 26.0 Å². The van der Waals surface area contributed by atoms with Crippen molar-refractivity contribution in [3.63, 3.8) is 0 Å². The molecule has 0 aliphatic carbocycles. The molecule has 0 N–H and O–H groups in total. The van der Waals surface area contributed by atoms with Crippen LogP contribution >= 0.6 is 0 Å². The lowest BCUT2D eigenvalue weighted by atomic mass is 10.1. The molecule has 0 aliphatic rings. The van der Waals surface area contributed by atoms with Crippen molar-refractivity contribution in [3.05, 3.63) is 17.0 Å². The third-order valence-corrected chi connectivity index (χ3v) is 2.87. The number of ketones is 1. The predicted molar refractivity (Wildman–Crippen MR) is 67.5 cm³/mol. The number of hydrogen-bond acceptors (Lipinski definition) is 3. The summed E-state index contributed by atoms with van der Waals surface area (Å²) < 4.78 is 7.01. The summed E-state index contributed by atoms with van der Waals surface area (Å²) in [4.78, 5) is 11.7. The highest BCUT2D eigenvalue weighted by Gasteiger charge is 2.18. The van der Waals surface area contributed by atoms with Crippen molar-refractivity contribution >= 4 is 5.78 Å². The Bertz CT molecular complexity index is 383. The Labute approximate surface area is 103 Å². The molecular formula is C13H22N2O2. The first-order valence-electron chi connectivity index (χ1n) is 6.24. The van der Waals surface area contributed by atoms with E-state index in [-0.39, 0.29) is 5.78 Å². The van der Waals surface area contributed by atoms with Gasteiger partial charge >= 0.3 is 0 Å². The van der Waals surface area contributed by atoms with Crippen molar-refractivity contribution < 1.29 is 9.53 Å². The summed E-state index contributed by atoms with van der Waals surface area (Å²) in [7, 11) is 1.70. The van der Waals surface area contributed by atoms with E-state index < -0.39 is 0 Å². The van der Waals surface area contributed by atoms with Crippen molar-refractivity contribution in [1.29, 1.82) is 0 Å². The fraction of sp³-hybridized carbons (Fsp3) is 0.692. The minimum atomic E-state index is 0.122. The van der Waals surface area contributed by atoms with Crippen molar-refractivity contribution in [1.82, 2.24) is 9.78 Å². The molecule has 0 aromatic carbocycles. The predicted octanol–water partition coefficient (Wildman–Crippen LogP) is 2.25. The number of methoxy groups -OCH3 is 1. The maximum atomic E-state index is 11.7. The Morgan fingerprint density at radius 2 is 2.06 bits per heavy atom. The maximum Gasteiger partial charge on any atom is 0.163 e. The van der Waals surface area contributed by atoms with E-state index in [1.165, 1.54) is 0 Å². The van der Waals surface area contributed by atoms with E-state index >= 15 is 0 Å². The zero-order chi connectivity index (χ0) is 12.8. The number of aryl methyl sites for hydroxylation is 2. The number of ether oxygens (including phenoxy) is 1. The molecule has 4 heteroatoms. The van der Waals surface area contributed by atoms with Gasteiger partial charge in [-0.25, -0.2) is 0 Å². The van der Waals surface area contributed by atoms with E-state index in [2.05, 4.69) is 12.0 Å². The standard InChI is InChI=1S/C13H22N2O2/c1-5-11-13(10(3)16)12(6-2)15(14-11)8-7-9-17-4/h5-9H2,1-4H3. The minimum Gasteiger partial charge on any atom is -0.385 e. The fourth-order valence-electron chi connectivity index (χ4n) is 2.11. The highest BCUT2D eigenvalue weighted by Crippen LogP contribution is 2.17. The van der Waals surface area contributed by atoms with Crippen LogP contribution in [-0.2, 0) is 24.1 Å². The maximum absolute atomic E-state index is 11.7. The topological polar surface area (TPSA) is 44.1 Å². The van der Waals surface area contributed by atoms with E-state index in [1.807, 2.05) is 11.6 Å². The Morgan fingerprint density at radius 3 is 2.53 bits per heavy atom. The van der Waals surface area contributed by atoms with E-state index in [1.54, 1.807) is 14.0 Å². The Kier molecular flexibility index (Phi) is 5.35. The van der Waals surface area contributed by atoms with Crippen molar-refractivity contribution in [2.45, 2.75) is 46.6 Å². The molecule has 0 saturated carbocycles. The van der Waals surface area contributed by atoms with Gasteiger partial charge in [-0.1, -0.05) is 13.8 Å². The second-order valence-electron chi connectivity index (χ2n) is 4.10. The molecule has 0 saturated heterocycles. The summed E-state index contributed by atoms with van der Waals surface area (Å²) in [6.45, 7) is 7.26. The minimum absolute atomic E-state index is 0.122. The molecule has 0 spiro atoms. The van der Waals surface area contributed by atoms with Gasteiger partial charge in [-0.15, -0.1) is 0 Å². The smallest absolute Gasteiger partial charge is 0.163 e. The van der Waals surface area contributed by atoms with Gasteiger partial charge in [0.2, 0.25) is 0 Å². The lowest BCUT2D eigenvalue weighted by Gasteiger charge is -2.06. The summed E-state index contributed by atoms with van der Waals surface area (Å²) in [5.74, 6) is 0.122. The SMILES string of the molecule is CCc1nn(CCCOC)c(CC)c1C(C)=O. The van der Waals surface area contributed by atoms with Crippen LogP contribution in [-0.4, -0.2) is 29.3 Å². The molecule has 0 aliphatic heterocycles. The van der Waals surface area contributed by atoms with Crippen LogP contribution in [0.3, 0.4) is 0 Å². The number of nitrogens with zero attached hydrogens (tertiary/aromatic N) is 2. The summed E-state index contributed by atoms with van der Waals surface area (Å²) in [5.41, 5.74) is 2.81. The summed E-state index contributed by atoms with van der Waals surface area (Å²) in [6, 6.07) is 0. The lowest BCUT2D eigenvalue weighted by Crippen LogP contribution is -2.08. The number of carbonyl (C=O) groups excluding carboxylic acids is 1. The number of rotatable bonds is 7. The first-order valence-corrected chi connectivity index (χ1v) is 6.24. The zero-order valence-corrected chi connectivity index (χ0v) is 11.2. The highest BCUT2D eigenvalue weighted by molar-refractivity contribution is 5.96. The zero-order valence-electron chi connectivity index (χ0n) is 11.2. The first kappa shape index (κ1) is 13.9. The number of Topliss-reactive ketones (excluding diaryl/α,β-unsaturated/α-hetero) is 1. The molecule has 0 fully saturated rings. The lowest BCUT2D eigenvalue weighted by molar-refractivity contribution is 0.101. The molecule has 1 aromatic rings. The van der Waals surface area contributed by atoms with Gasteiger partial charge in [0.15, 0.2) is 5.78 Å². The molecule has 0 unspecified atom stereocenters. The molecule has 0 bridgehead atoms. The van der Waals surface area contributed by atoms with Crippen molar-refractivity contribution in [3.8, 4) is 0 Å². The van der Waals surface area contributed by atoms with E-state index in [0.29, 0.717) is 0 Å². The van der Waals surface area contributed by atoms with Crippen molar-refractivity contribution in [2.75, 3.05) is 13.7 Å². The number of carbonyl (C=O) groups is 1. The number of hydrogen-bond donors (Lipinski definition) is 0. The van der Waals surface area contributed by atoms with Gasteiger partial charge in [0.25, 0.3) is 0 Å². The molecule has 1 rings (SSSR count). The third kappa shape index (κ3) is 3.16. The molecule has 17 heavy (non-hydrogen) atoms. The van der Waals surface area contributed by atoms with Gasteiger partial charge in [-0.3, -0.25) is 9.48 Å². The van der Waals surface area contributed by atoms with Gasteiger partial charge in [-0.05, 0) is 26.2 Å². The molecule has 0 radical (unpaired) electrons. The summed E-state index contributed by atoms with van der Waals surface area (Å²) in [6.07, 6.45) is 2.57. The van der Waals surface area contributed by atoms with Crippen LogP contribution in [0.1, 0.15) is 48.9 Å². The first-order chi connectivity index (χ1) is 8.15. The Morgan fingerprint density at radius 1 is 1.35 bits per heavy atom. The second-order valence-corrected chi connectivity index (χ2v) is 4.10. The third-order valence-electron chi connectivity index (χ3n) is 2.87. The van der Waals surface area contributed by atoms with Crippen LogP contribution in [0.2, 0.25) is 0 Å². The van der Waals surface area contributed by atoms with Crippen LogP contribution in [0, 0.1) is 0 Å². The van der Waals surface area contributed by atoms with Gasteiger partial charge < -0.3 is 4.74 Å². The van der Waals surface area contributed by atoms with Gasteiger partial charge in [0.05, 0.1) is 11.3 Å². The highest BCUT2D eigenvalue weighted by atomic mass is 16.5. The summed E-state index contributed by atoms with van der Waals surface area (Å²) >= 11 is 0.